The van der Waals surface area contributed by atoms with Crippen molar-refractivity contribution in [3.8, 4) is 0 Å². The summed E-state index contributed by atoms with van der Waals surface area (Å²) in [4.78, 5) is 15.7. The second-order valence-corrected chi connectivity index (χ2v) is 5.77. The van der Waals surface area contributed by atoms with E-state index in [1.807, 2.05) is 30.7 Å². The van der Waals surface area contributed by atoms with Crippen molar-refractivity contribution in [2.24, 2.45) is 0 Å². The molecule has 124 valence electrons. The fraction of sp³-hybridized carbons (Fsp3) is 0.294. The van der Waals surface area contributed by atoms with Crippen LogP contribution in [-0.4, -0.2) is 30.5 Å². The number of rotatable bonds is 6. The van der Waals surface area contributed by atoms with Crippen LogP contribution in [0.1, 0.15) is 22.5 Å². The molecule has 2 heterocycles. The van der Waals surface area contributed by atoms with Gasteiger partial charge >= 0.3 is 0 Å². The maximum absolute atomic E-state index is 11.9. The van der Waals surface area contributed by atoms with Crippen molar-refractivity contribution in [3.05, 3.63) is 65.5 Å². The Kier molecular flexibility index (Phi) is 4.69. The molecule has 7 heteroatoms. The molecular weight excluding hydrogens is 304 g/mol. The summed E-state index contributed by atoms with van der Waals surface area (Å²) in [5.41, 5.74) is 4.37. The first-order chi connectivity index (χ1) is 11.6. The van der Waals surface area contributed by atoms with E-state index in [1.54, 1.807) is 0 Å². The van der Waals surface area contributed by atoms with E-state index in [4.69, 9.17) is 0 Å². The molecule has 0 aliphatic rings. The quantitative estimate of drug-likeness (QED) is 0.744. The van der Waals surface area contributed by atoms with E-state index in [0.29, 0.717) is 6.54 Å². The van der Waals surface area contributed by atoms with Crippen LogP contribution in [-0.2, 0) is 24.4 Å². The van der Waals surface area contributed by atoms with E-state index in [9.17, 15) is 4.79 Å². The highest BCUT2D eigenvalue weighted by molar-refractivity contribution is 5.75. The molecule has 0 atom stereocenters. The van der Waals surface area contributed by atoms with Crippen LogP contribution in [0.2, 0.25) is 0 Å². The molecule has 7 nitrogen and oxygen atoms in total. The van der Waals surface area contributed by atoms with Gasteiger partial charge in [0.2, 0.25) is 5.91 Å². The standard InChI is InChI=1S/C17H20N6O/c1-13-6-14(2)23(21-13)9-16-5-3-4-15(7-16)8-19-17(24)10-22-12-18-11-20-22/h3-7,11-12H,8-10H2,1-2H3,(H,19,24). The van der Waals surface area contributed by atoms with Crippen LogP contribution in [0, 0.1) is 13.8 Å². The molecule has 0 aliphatic carbocycles. The van der Waals surface area contributed by atoms with Gasteiger partial charge in [0.25, 0.3) is 0 Å². The average molecular weight is 324 g/mol. The molecule has 3 aromatic rings. The zero-order valence-corrected chi connectivity index (χ0v) is 13.8. The lowest BCUT2D eigenvalue weighted by Crippen LogP contribution is -2.27. The van der Waals surface area contributed by atoms with Gasteiger partial charge in [-0.3, -0.25) is 9.48 Å². The first-order valence-electron chi connectivity index (χ1n) is 7.78. The second kappa shape index (κ2) is 7.08. The van der Waals surface area contributed by atoms with Crippen molar-refractivity contribution in [2.75, 3.05) is 0 Å². The predicted octanol–water partition coefficient (Wildman–Crippen LogP) is 1.46. The molecule has 0 saturated carbocycles. The fourth-order valence-corrected chi connectivity index (χ4v) is 2.56. The number of carbonyl (C=O) groups excluding carboxylic acids is 1. The van der Waals surface area contributed by atoms with Crippen LogP contribution in [0.25, 0.3) is 0 Å². The van der Waals surface area contributed by atoms with Gasteiger partial charge in [0.1, 0.15) is 19.2 Å². The van der Waals surface area contributed by atoms with E-state index in [0.717, 1.165) is 29.1 Å². The van der Waals surface area contributed by atoms with E-state index < -0.39 is 0 Å². The molecular formula is C17H20N6O. The van der Waals surface area contributed by atoms with E-state index >= 15 is 0 Å². The van der Waals surface area contributed by atoms with Crippen LogP contribution in [0.5, 0.6) is 0 Å². The van der Waals surface area contributed by atoms with Crippen molar-refractivity contribution >= 4 is 5.91 Å². The molecule has 1 amide bonds. The maximum Gasteiger partial charge on any atom is 0.242 e. The molecule has 0 bridgehead atoms. The summed E-state index contributed by atoms with van der Waals surface area (Å²) in [6.07, 6.45) is 2.93. The number of nitrogens with zero attached hydrogens (tertiary/aromatic N) is 5. The first kappa shape index (κ1) is 15.9. The number of nitrogens with one attached hydrogen (secondary N) is 1. The Morgan fingerprint density at radius 2 is 2.04 bits per heavy atom. The summed E-state index contributed by atoms with van der Waals surface area (Å²) < 4.78 is 3.48. The number of benzene rings is 1. The van der Waals surface area contributed by atoms with Crippen LogP contribution in [0.4, 0.5) is 0 Å². The van der Waals surface area contributed by atoms with Gasteiger partial charge in [-0.05, 0) is 31.0 Å². The van der Waals surface area contributed by atoms with E-state index in [1.165, 1.54) is 17.3 Å². The fourth-order valence-electron chi connectivity index (χ4n) is 2.56. The lowest BCUT2D eigenvalue weighted by atomic mass is 10.1. The monoisotopic (exact) mass is 324 g/mol. The Morgan fingerprint density at radius 3 is 2.75 bits per heavy atom. The minimum atomic E-state index is -0.0931. The summed E-state index contributed by atoms with van der Waals surface area (Å²) in [5, 5.41) is 11.3. The van der Waals surface area contributed by atoms with Crippen molar-refractivity contribution in [3.63, 3.8) is 0 Å². The summed E-state index contributed by atoms with van der Waals surface area (Å²) >= 11 is 0. The maximum atomic E-state index is 11.9. The Balaban J connectivity index is 1.59. The van der Waals surface area contributed by atoms with Crippen LogP contribution in [0.15, 0.2) is 43.0 Å². The third kappa shape index (κ3) is 4.07. The van der Waals surface area contributed by atoms with Crippen molar-refractivity contribution in [1.29, 1.82) is 0 Å². The highest BCUT2D eigenvalue weighted by atomic mass is 16.2. The molecule has 2 aromatic heterocycles. The first-order valence-corrected chi connectivity index (χ1v) is 7.78. The highest BCUT2D eigenvalue weighted by Crippen LogP contribution is 2.10. The van der Waals surface area contributed by atoms with Crippen LogP contribution in [0.3, 0.4) is 0 Å². The summed E-state index contributed by atoms with van der Waals surface area (Å²) in [5.74, 6) is -0.0931. The SMILES string of the molecule is Cc1cc(C)n(Cc2cccc(CNC(=O)Cn3cncn3)c2)n1. The summed E-state index contributed by atoms with van der Waals surface area (Å²) in [7, 11) is 0. The topological polar surface area (TPSA) is 77.6 Å². The van der Waals surface area contributed by atoms with E-state index in [-0.39, 0.29) is 12.5 Å². The molecule has 1 aromatic carbocycles. The van der Waals surface area contributed by atoms with Crippen LogP contribution < -0.4 is 5.32 Å². The Bertz CT molecular complexity index is 821. The van der Waals surface area contributed by atoms with Crippen molar-refractivity contribution in [1.82, 2.24) is 29.9 Å². The third-order valence-electron chi connectivity index (χ3n) is 3.69. The zero-order valence-electron chi connectivity index (χ0n) is 13.8. The molecule has 0 radical (unpaired) electrons. The smallest absolute Gasteiger partial charge is 0.242 e. The minimum Gasteiger partial charge on any atom is -0.350 e. The number of aryl methyl sites for hydroxylation is 2. The summed E-state index contributed by atoms with van der Waals surface area (Å²) in [6.45, 7) is 5.42. The van der Waals surface area contributed by atoms with Gasteiger partial charge in [-0.1, -0.05) is 24.3 Å². The summed E-state index contributed by atoms with van der Waals surface area (Å²) in [6, 6.07) is 10.2. The molecule has 0 unspecified atom stereocenters. The Labute approximate surface area is 140 Å². The molecule has 0 fully saturated rings. The number of amides is 1. The lowest BCUT2D eigenvalue weighted by molar-refractivity contribution is -0.122. The van der Waals surface area contributed by atoms with Crippen molar-refractivity contribution < 1.29 is 4.79 Å². The van der Waals surface area contributed by atoms with Gasteiger partial charge in [0, 0.05) is 12.2 Å². The number of hydrogen-bond donors (Lipinski definition) is 1. The largest absolute Gasteiger partial charge is 0.350 e. The lowest BCUT2D eigenvalue weighted by Gasteiger charge is -2.09. The molecule has 0 spiro atoms. The Morgan fingerprint density at radius 1 is 1.21 bits per heavy atom. The van der Waals surface area contributed by atoms with Gasteiger partial charge < -0.3 is 5.32 Å². The zero-order chi connectivity index (χ0) is 16.9. The predicted molar refractivity (Wildman–Crippen MR) is 89.1 cm³/mol. The highest BCUT2D eigenvalue weighted by Gasteiger charge is 2.05. The minimum absolute atomic E-state index is 0.0931. The van der Waals surface area contributed by atoms with Gasteiger partial charge in [-0.25, -0.2) is 9.67 Å². The molecule has 24 heavy (non-hydrogen) atoms. The number of hydrogen-bond acceptors (Lipinski definition) is 4. The molecule has 3 rings (SSSR count). The second-order valence-electron chi connectivity index (χ2n) is 5.77. The Hall–Kier alpha value is -2.96. The van der Waals surface area contributed by atoms with E-state index in [2.05, 4.69) is 38.7 Å². The van der Waals surface area contributed by atoms with Gasteiger partial charge in [0.15, 0.2) is 0 Å². The molecule has 0 saturated heterocycles. The van der Waals surface area contributed by atoms with Crippen LogP contribution >= 0.6 is 0 Å². The molecule has 1 N–H and O–H groups in total. The van der Waals surface area contributed by atoms with Gasteiger partial charge in [-0.2, -0.15) is 10.2 Å². The number of aromatic nitrogens is 5. The average Bonchev–Trinajstić information content (AvgIpc) is 3.16. The normalized spacial score (nSPS) is 10.8. The molecule has 0 aliphatic heterocycles. The van der Waals surface area contributed by atoms with Gasteiger partial charge in [-0.15, -0.1) is 0 Å². The van der Waals surface area contributed by atoms with Crippen molar-refractivity contribution in [2.45, 2.75) is 33.5 Å². The third-order valence-corrected chi connectivity index (χ3v) is 3.69. The number of carbonyl (C=O) groups is 1. The van der Waals surface area contributed by atoms with Gasteiger partial charge in [0.05, 0.1) is 12.2 Å².